The number of carbonyl (C=O) groups excluding carboxylic acids is 1. The fraction of sp³-hybridized carbons (Fsp3) is 0.545. The SMILES string of the molecule is CC1CCN1CC(=O)NCc1cccs1. The standard InChI is InChI=1S/C11H16N2OS/c1-9-4-5-13(9)8-11(14)12-7-10-3-2-6-15-10/h2-3,6,9H,4-5,7-8H2,1H3,(H,12,14). The van der Waals surface area contributed by atoms with Crippen molar-refractivity contribution in [2.75, 3.05) is 13.1 Å². The predicted molar refractivity (Wildman–Crippen MR) is 61.8 cm³/mol. The van der Waals surface area contributed by atoms with E-state index in [1.165, 1.54) is 11.3 Å². The van der Waals surface area contributed by atoms with Gasteiger partial charge in [-0.25, -0.2) is 0 Å². The molecule has 4 heteroatoms. The van der Waals surface area contributed by atoms with Crippen LogP contribution in [0.1, 0.15) is 18.2 Å². The normalized spacial score (nSPS) is 21.0. The molecule has 0 aliphatic carbocycles. The zero-order valence-electron chi connectivity index (χ0n) is 8.90. The first-order chi connectivity index (χ1) is 7.25. The second-order valence-corrected chi connectivity index (χ2v) is 5.00. The number of hydrogen-bond donors (Lipinski definition) is 1. The Balaban J connectivity index is 1.69. The maximum Gasteiger partial charge on any atom is 0.234 e. The highest BCUT2D eigenvalue weighted by Crippen LogP contribution is 2.15. The van der Waals surface area contributed by atoms with Crippen LogP contribution < -0.4 is 5.32 Å². The molecule has 0 bridgehead atoms. The first kappa shape index (κ1) is 10.6. The third-order valence-electron chi connectivity index (χ3n) is 2.84. The van der Waals surface area contributed by atoms with Gasteiger partial charge < -0.3 is 5.32 Å². The lowest BCUT2D eigenvalue weighted by Gasteiger charge is -2.37. The maximum absolute atomic E-state index is 11.5. The molecule has 1 N–H and O–H groups in total. The third-order valence-corrected chi connectivity index (χ3v) is 3.72. The van der Waals surface area contributed by atoms with Crippen LogP contribution in [0, 0.1) is 0 Å². The van der Waals surface area contributed by atoms with Crippen LogP contribution in [-0.4, -0.2) is 29.9 Å². The van der Waals surface area contributed by atoms with Crippen LogP contribution in [0.3, 0.4) is 0 Å². The number of rotatable bonds is 4. The Labute approximate surface area is 94.1 Å². The molecule has 0 spiro atoms. The predicted octanol–water partition coefficient (Wildman–Crippen LogP) is 1.46. The maximum atomic E-state index is 11.5. The van der Waals surface area contributed by atoms with Crippen molar-refractivity contribution in [3.63, 3.8) is 0 Å². The monoisotopic (exact) mass is 224 g/mol. The Morgan fingerprint density at radius 2 is 2.60 bits per heavy atom. The van der Waals surface area contributed by atoms with Gasteiger partial charge in [0.1, 0.15) is 0 Å². The number of nitrogens with one attached hydrogen (secondary N) is 1. The van der Waals surface area contributed by atoms with Crippen LogP contribution in [0.2, 0.25) is 0 Å². The summed E-state index contributed by atoms with van der Waals surface area (Å²) in [5, 5.41) is 4.96. The van der Waals surface area contributed by atoms with Crippen molar-refractivity contribution in [3.05, 3.63) is 22.4 Å². The molecule has 1 aliphatic rings. The van der Waals surface area contributed by atoms with E-state index >= 15 is 0 Å². The van der Waals surface area contributed by atoms with Gasteiger partial charge in [0.25, 0.3) is 0 Å². The third kappa shape index (κ3) is 2.79. The summed E-state index contributed by atoms with van der Waals surface area (Å²) in [4.78, 5) is 14.9. The fourth-order valence-corrected chi connectivity index (χ4v) is 2.29. The lowest BCUT2D eigenvalue weighted by molar-refractivity contribution is -0.124. The van der Waals surface area contributed by atoms with Gasteiger partial charge >= 0.3 is 0 Å². The van der Waals surface area contributed by atoms with Crippen molar-refractivity contribution in [3.8, 4) is 0 Å². The van der Waals surface area contributed by atoms with Crippen molar-refractivity contribution in [2.45, 2.75) is 25.9 Å². The summed E-state index contributed by atoms with van der Waals surface area (Å²) in [6.07, 6.45) is 1.22. The molecule has 1 aliphatic heterocycles. The van der Waals surface area contributed by atoms with E-state index < -0.39 is 0 Å². The number of hydrogen-bond acceptors (Lipinski definition) is 3. The lowest BCUT2D eigenvalue weighted by atomic mass is 10.1. The van der Waals surface area contributed by atoms with Crippen LogP contribution in [-0.2, 0) is 11.3 Å². The summed E-state index contributed by atoms with van der Waals surface area (Å²) < 4.78 is 0. The molecular weight excluding hydrogens is 208 g/mol. The Bertz CT molecular complexity index is 323. The summed E-state index contributed by atoms with van der Waals surface area (Å²) in [5.41, 5.74) is 0. The molecule has 82 valence electrons. The molecular formula is C11H16N2OS. The molecule has 1 fully saturated rings. The molecule has 3 nitrogen and oxygen atoms in total. The minimum absolute atomic E-state index is 0.134. The second-order valence-electron chi connectivity index (χ2n) is 3.96. The number of carbonyl (C=O) groups is 1. The number of thiophene rings is 1. The van der Waals surface area contributed by atoms with Gasteiger partial charge in [-0.05, 0) is 24.8 Å². The molecule has 0 radical (unpaired) electrons. The van der Waals surface area contributed by atoms with Gasteiger partial charge in [-0.2, -0.15) is 0 Å². The molecule has 1 atom stereocenters. The van der Waals surface area contributed by atoms with Crippen LogP contribution in [0.4, 0.5) is 0 Å². The van der Waals surface area contributed by atoms with Gasteiger partial charge in [0.2, 0.25) is 5.91 Å². The van der Waals surface area contributed by atoms with E-state index in [4.69, 9.17) is 0 Å². The van der Waals surface area contributed by atoms with E-state index in [9.17, 15) is 4.79 Å². The average molecular weight is 224 g/mol. The summed E-state index contributed by atoms with van der Waals surface area (Å²) >= 11 is 1.68. The van der Waals surface area contributed by atoms with E-state index in [1.54, 1.807) is 11.3 Å². The fourth-order valence-electron chi connectivity index (χ4n) is 1.64. The molecule has 15 heavy (non-hydrogen) atoms. The first-order valence-electron chi connectivity index (χ1n) is 5.29. The summed E-state index contributed by atoms with van der Waals surface area (Å²) in [6.45, 7) is 4.44. The van der Waals surface area contributed by atoms with Crippen molar-refractivity contribution >= 4 is 17.2 Å². The largest absolute Gasteiger partial charge is 0.350 e. The Morgan fingerprint density at radius 3 is 3.13 bits per heavy atom. The number of likely N-dealkylation sites (tertiary alicyclic amines) is 1. The van der Waals surface area contributed by atoms with Crippen LogP contribution in [0.5, 0.6) is 0 Å². The minimum Gasteiger partial charge on any atom is -0.350 e. The second kappa shape index (κ2) is 4.77. The molecule has 1 saturated heterocycles. The molecule has 2 heterocycles. The zero-order chi connectivity index (χ0) is 10.7. The quantitative estimate of drug-likeness (QED) is 0.839. The Kier molecular flexibility index (Phi) is 3.38. The van der Waals surface area contributed by atoms with Crippen molar-refractivity contribution in [1.29, 1.82) is 0 Å². The van der Waals surface area contributed by atoms with E-state index in [-0.39, 0.29) is 5.91 Å². The Morgan fingerprint density at radius 1 is 1.73 bits per heavy atom. The molecule has 1 aromatic heterocycles. The van der Waals surface area contributed by atoms with Crippen molar-refractivity contribution in [1.82, 2.24) is 10.2 Å². The minimum atomic E-state index is 0.134. The summed E-state index contributed by atoms with van der Waals surface area (Å²) in [5.74, 6) is 0.134. The van der Waals surface area contributed by atoms with E-state index in [0.29, 0.717) is 19.1 Å². The Hall–Kier alpha value is -0.870. The highest BCUT2D eigenvalue weighted by Gasteiger charge is 2.24. The van der Waals surface area contributed by atoms with Gasteiger partial charge in [-0.1, -0.05) is 6.07 Å². The summed E-state index contributed by atoms with van der Waals surface area (Å²) in [6, 6.07) is 4.62. The van der Waals surface area contributed by atoms with Gasteiger partial charge in [-0.3, -0.25) is 9.69 Å². The average Bonchev–Trinajstić information content (AvgIpc) is 2.73. The molecule has 0 aromatic carbocycles. The first-order valence-corrected chi connectivity index (χ1v) is 6.17. The number of amides is 1. The molecule has 1 unspecified atom stereocenters. The van der Waals surface area contributed by atoms with Gasteiger partial charge in [-0.15, -0.1) is 11.3 Å². The topological polar surface area (TPSA) is 32.3 Å². The van der Waals surface area contributed by atoms with Crippen LogP contribution in [0.25, 0.3) is 0 Å². The highest BCUT2D eigenvalue weighted by atomic mass is 32.1. The smallest absolute Gasteiger partial charge is 0.234 e. The van der Waals surface area contributed by atoms with Gasteiger partial charge in [0, 0.05) is 17.5 Å². The van der Waals surface area contributed by atoms with Crippen LogP contribution in [0.15, 0.2) is 17.5 Å². The van der Waals surface area contributed by atoms with E-state index in [2.05, 4.69) is 17.1 Å². The molecule has 2 rings (SSSR count). The number of nitrogens with zero attached hydrogens (tertiary/aromatic N) is 1. The summed E-state index contributed by atoms with van der Waals surface area (Å²) in [7, 11) is 0. The molecule has 1 amide bonds. The highest BCUT2D eigenvalue weighted by molar-refractivity contribution is 7.09. The zero-order valence-corrected chi connectivity index (χ0v) is 9.72. The van der Waals surface area contributed by atoms with Gasteiger partial charge in [0.05, 0.1) is 13.1 Å². The molecule has 1 aromatic rings. The van der Waals surface area contributed by atoms with Crippen molar-refractivity contribution < 1.29 is 4.79 Å². The van der Waals surface area contributed by atoms with E-state index in [0.717, 1.165) is 6.54 Å². The van der Waals surface area contributed by atoms with Gasteiger partial charge in [0.15, 0.2) is 0 Å². The lowest BCUT2D eigenvalue weighted by Crippen LogP contribution is -2.50. The van der Waals surface area contributed by atoms with Crippen LogP contribution >= 0.6 is 11.3 Å². The van der Waals surface area contributed by atoms with E-state index in [1.807, 2.05) is 17.5 Å². The van der Waals surface area contributed by atoms with Crippen molar-refractivity contribution in [2.24, 2.45) is 0 Å². The molecule has 0 saturated carbocycles.